The molecule has 2 aliphatic heterocycles. The Morgan fingerprint density at radius 1 is 1.17 bits per heavy atom. The van der Waals surface area contributed by atoms with Crippen LogP contribution in [0, 0.1) is 0 Å². The fourth-order valence-corrected chi connectivity index (χ4v) is 4.38. The maximum Gasteiger partial charge on any atom is 0.238 e. The number of nitrogens with one attached hydrogen (secondary N) is 1. The number of carbonyl (C=O) groups excluding carboxylic acids is 1. The van der Waals surface area contributed by atoms with E-state index in [-0.39, 0.29) is 17.6 Å². The maximum atomic E-state index is 12.5. The smallest absolute Gasteiger partial charge is 0.238 e. The third-order valence-corrected chi connectivity index (χ3v) is 6.03. The topological polar surface area (TPSA) is 60.0 Å². The first-order valence-electron chi connectivity index (χ1n) is 10.6. The van der Waals surface area contributed by atoms with Crippen LogP contribution in [-0.4, -0.2) is 55.9 Å². The molecule has 6 nitrogen and oxygen atoms in total. The SMILES string of the molecule is COC1CN(CC(=O)Nc2ccc(OCc3ccccc3)cc2)CCC12CCCO2. The number of rotatable bonds is 7. The first-order valence-corrected chi connectivity index (χ1v) is 10.6. The van der Waals surface area contributed by atoms with Crippen LogP contribution in [0.4, 0.5) is 5.69 Å². The van der Waals surface area contributed by atoms with Gasteiger partial charge < -0.3 is 19.5 Å². The molecule has 1 amide bonds. The number of hydrogen-bond acceptors (Lipinski definition) is 5. The number of benzene rings is 2. The lowest BCUT2D eigenvalue weighted by molar-refractivity contribution is -0.145. The molecule has 1 N–H and O–H groups in total. The van der Waals surface area contributed by atoms with E-state index in [0.29, 0.717) is 13.2 Å². The number of piperidine rings is 1. The average molecular weight is 411 g/mol. The highest BCUT2D eigenvalue weighted by Crippen LogP contribution is 2.37. The summed E-state index contributed by atoms with van der Waals surface area (Å²) in [7, 11) is 1.74. The molecule has 2 aliphatic rings. The molecular formula is C24H30N2O4. The van der Waals surface area contributed by atoms with Crippen LogP contribution in [0.1, 0.15) is 24.8 Å². The van der Waals surface area contributed by atoms with Crippen molar-refractivity contribution < 1.29 is 19.0 Å². The number of anilines is 1. The van der Waals surface area contributed by atoms with Crippen molar-refractivity contribution in [1.29, 1.82) is 0 Å². The van der Waals surface area contributed by atoms with Gasteiger partial charge in [-0.1, -0.05) is 30.3 Å². The lowest BCUT2D eigenvalue weighted by Crippen LogP contribution is -2.57. The minimum absolute atomic E-state index is 0.0163. The van der Waals surface area contributed by atoms with Crippen LogP contribution in [0.2, 0.25) is 0 Å². The predicted molar refractivity (Wildman–Crippen MR) is 116 cm³/mol. The molecule has 2 fully saturated rings. The van der Waals surface area contributed by atoms with Crippen molar-refractivity contribution in [2.75, 3.05) is 38.7 Å². The van der Waals surface area contributed by atoms with E-state index in [2.05, 4.69) is 10.2 Å². The van der Waals surface area contributed by atoms with E-state index in [0.717, 1.165) is 56.0 Å². The third-order valence-electron chi connectivity index (χ3n) is 6.03. The third kappa shape index (κ3) is 5.01. The van der Waals surface area contributed by atoms with E-state index in [1.807, 2.05) is 54.6 Å². The van der Waals surface area contributed by atoms with Crippen LogP contribution >= 0.6 is 0 Å². The van der Waals surface area contributed by atoms with Gasteiger partial charge in [-0.2, -0.15) is 0 Å². The molecule has 2 heterocycles. The van der Waals surface area contributed by atoms with Crippen molar-refractivity contribution in [2.24, 2.45) is 0 Å². The van der Waals surface area contributed by atoms with E-state index < -0.39 is 0 Å². The summed E-state index contributed by atoms with van der Waals surface area (Å²) in [6.07, 6.45) is 3.06. The van der Waals surface area contributed by atoms with E-state index >= 15 is 0 Å². The van der Waals surface area contributed by atoms with Gasteiger partial charge in [-0.3, -0.25) is 9.69 Å². The van der Waals surface area contributed by atoms with Crippen molar-refractivity contribution in [3.05, 3.63) is 60.2 Å². The van der Waals surface area contributed by atoms with E-state index in [1.165, 1.54) is 0 Å². The Morgan fingerprint density at radius 3 is 2.67 bits per heavy atom. The zero-order valence-electron chi connectivity index (χ0n) is 17.5. The van der Waals surface area contributed by atoms with Gasteiger partial charge in [0.15, 0.2) is 0 Å². The normalized spacial score (nSPS) is 24.1. The second-order valence-corrected chi connectivity index (χ2v) is 8.07. The average Bonchev–Trinajstić information content (AvgIpc) is 3.24. The number of amides is 1. The van der Waals surface area contributed by atoms with Gasteiger partial charge in [0.2, 0.25) is 5.91 Å². The molecule has 0 radical (unpaired) electrons. The lowest BCUT2D eigenvalue weighted by atomic mass is 9.86. The molecule has 2 aromatic carbocycles. The van der Waals surface area contributed by atoms with Gasteiger partial charge >= 0.3 is 0 Å². The molecule has 0 bridgehead atoms. The molecule has 6 heteroatoms. The molecule has 4 rings (SSSR count). The number of nitrogens with zero attached hydrogens (tertiary/aromatic N) is 1. The number of ether oxygens (including phenoxy) is 3. The summed E-state index contributed by atoms with van der Waals surface area (Å²) in [6, 6.07) is 17.5. The number of methoxy groups -OCH3 is 1. The summed E-state index contributed by atoms with van der Waals surface area (Å²) >= 11 is 0. The first kappa shape index (κ1) is 20.8. The Kier molecular flexibility index (Phi) is 6.67. The number of likely N-dealkylation sites (tertiary alicyclic amines) is 1. The Morgan fingerprint density at radius 2 is 1.97 bits per heavy atom. The van der Waals surface area contributed by atoms with Crippen molar-refractivity contribution in [3.63, 3.8) is 0 Å². The molecule has 0 saturated carbocycles. The molecule has 2 atom stereocenters. The first-order chi connectivity index (χ1) is 14.7. The molecule has 1 spiro atoms. The monoisotopic (exact) mass is 410 g/mol. The van der Waals surface area contributed by atoms with E-state index in [4.69, 9.17) is 14.2 Å². The van der Waals surface area contributed by atoms with E-state index in [1.54, 1.807) is 7.11 Å². The molecule has 160 valence electrons. The van der Waals surface area contributed by atoms with Crippen LogP contribution < -0.4 is 10.1 Å². The van der Waals surface area contributed by atoms with Gasteiger partial charge in [-0.15, -0.1) is 0 Å². The fraction of sp³-hybridized carbons (Fsp3) is 0.458. The van der Waals surface area contributed by atoms with Crippen LogP contribution in [0.3, 0.4) is 0 Å². The molecular weight excluding hydrogens is 380 g/mol. The van der Waals surface area contributed by atoms with Gasteiger partial charge in [0, 0.05) is 32.5 Å². The van der Waals surface area contributed by atoms with Crippen LogP contribution in [-0.2, 0) is 20.9 Å². The van der Waals surface area contributed by atoms with Gasteiger partial charge in [0.1, 0.15) is 12.4 Å². The van der Waals surface area contributed by atoms with Crippen molar-refractivity contribution in [3.8, 4) is 5.75 Å². The Bertz CT molecular complexity index is 819. The largest absolute Gasteiger partial charge is 0.489 e. The summed E-state index contributed by atoms with van der Waals surface area (Å²) in [5.41, 5.74) is 1.73. The summed E-state index contributed by atoms with van der Waals surface area (Å²) in [5.74, 6) is 0.753. The highest BCUT2D eigenvalue weighted by Gasteiger charge is 2.46. The molecule has 2 unspecified atom stereocenters. The zero-order chi connectivity index (χ0) is 20.8. The van der Waals surface area contributed by atoms with Gasteiger partial charge in [-0.25, -0.2) is 0 Å². The molecule has 0 aromatic heterocycles. The second kappa shape index (κ2) is 9.60. The molecule has 30 heavy (non-hydrogen) atoms. The summed E-state index contributed by atoms with van der Waals surface area (Å²) in [4.78, 5) is 14.7. The standard InChI is InChI=1S/C24H30N2O4/c1-28-22-16-26(14-13-24(22)12-5-15-30-24)17-23(27)25-20-8-10-21(11-9-20)29-18-19-6-3-2-4-7-19/h2-4,6-11,22H,5,12-18H2,1H3,(H,25,27). The molecule has 2 saturated heterocycles. The highest BCUT2D eigenvalue weighted by molar-refractivity contribution is 5.92. The Labute approximate surface area is 178 Å². The van der Waals surface area contributed by atoms with Crippen molar-refractivity contribution in [1.82, 2.24) is 4.90 Å². The lowest BCUT2D eigenvalue weighted by Gasteiger charge is -2.44. The highest BCUT2D eigenvalue weighted by atomic mass is 16.5. The summed E-state index contributed by atoms with van der Waals surface area (Å²) in [5, 5.41) is 2.98. The summed E-state index contributed by atoms with van der Waals surface area (Å²) < 4.78 is 17.5. The van der Waals surface area contributed by atoms with Crippen LogP contribution in [0.15, 0.2) is 54.6 Å². The molecule has 2 aromatic rings. The quantitative estimate of drug-likeness (QED) is 0.757. The minimum atomic E-state index is -0.155. The predicted octanol–water partition coefficient (Wildman–Crippen LogP) is 3.47. The number of hydrogen-bond donors (Lipinski definition) is 1. The van der Waals surface area contributed by atoms with Crippen molar-refractivity contribution in [2.45, 2.75) is 37.6 Å². The zero-order valence-corrected chi connectivity index (χ0v) is 17.5. The van der Waals surface area contributed by atoms with E-state index in [9.17, 15) is 4.79 Å². The van der Waals surface area contributed by atoms with Crippen LogP contribution in [0.5, 0.6) is 5.75 Å². The minimum Gasteiger partial charge on any atom is -0.489 e. The van der Waals surface area contributed by atoms with Crippen LogP contribution in [0.25, 0.3) is 0 Å². The number of carbonyl (C=O) groups is 1. The van der Waals surface area contributed by atoms with Crippen molar-refractivity contribution >= 4 is 11.6 Å². The Balaban J connectivity index is 1.25. The van der Waals surface area contributed by atoms with Gasteiger partial charge in [-0.05, 0) is 49.1 Å². The molecule has 0 aliphatic carbocycles. The fourth-order valence-electron chi connectivity index (χ4n) is 4.38. The summed E-state index contributed by atoms with van der Waals surface area (Å²) in [6.45, 7) is 3.25. The maximum absolute atomic E-state index is 12.5. The second-order valence-electron chi connectivity index (χ2n) is 8.07. The van der Waals surface area contributed by atoms with Gasteiger partial charge in [0.05, 0.1) is 18.2 Å². The Hall–Kier alpha value is -2.41. The van der Waals surface area contributed by atoms with Gasteiger partial charge in [0.25, 0.3) is 0 Å².